The predicted molar refractivity (Wildman–Crippen MR) is 118 cm³/mol. The van der Waals surface area contributed by atoms with E-state index in [-0.39, 0.29) is 24.3 Å². The monoisotopic (exact) mass is 408 g/mol. The molecule has 0 saturated carbocycles. The van der Waals surface area contributed by atoms with Crippen LogP contribution in [0.4, 0.5) is 0 Å². The Bertz CT molecular complexity index is 772. The number of benzene rings is 2. The molecule has 1 unspecified atom stereocenters. The van der Waals surface area contributed by atoms with Crippen LogP contribution in [0.3, 0.4) is 0 Å². The van der Waals surface area contributed by atoms with E-state index < -0.39 is 0 Å². The van der Waals surface area contributed by atoms with Crippen molar-refractivity contribution < 1.29 is 19.0 Å². The largest absolute Gasteiger partial charge is 0.459 e. The average Bonchev–Trinajstić information content (AvgIpc) is 2.78. The van der Waals surface area contributed by atoms with E-state index in [0.717, 1.165) is 36.8 Å². The third-order valence-corrected chi connectivity index (χ3v) is 5.19. The van der Waals surface area contributed by atoms with Crippen LogP contribution in [-0.4, -0.2) is 24.3 Å². The minimum Gasteiger partial charge on any atom is -0.459 e. The molecule has 0 N–H and O–H groups in total. The fraction of sp³-hybridized carbons (Fsp3) is 0.423. The molecule has 2 aromatic rings. The number of ether oxygens (including phenoxy) is 3. The van der Waals surface area contributed by atoms with Gasteiger partial charge in [0.2, 0.25) is 0 Å². The van der Waals surface area contributed by atoms with Crippen molar-refractivity contribution in [2.45, 2.75) is 70.6 Å². The molecule has 0 aromatic heterocycles. The van der Waals surface area contributed by atoms with Crippen LogP contribution in [0.1, 0.15) is 50.2 Å². The van der Waals surface area contributed by atoms with Crippen molar-refractivity contribution >= 4 is 5.97 Å². The second-order valence-corrected chi connectivity index (χ2v) is 7.66. The van der Waals surface area contributed by atoms with Gasteiger partial charge in [-0.25, -0.2) is 0 Å². The number of carbonyl (C=O) groups excluding carboxylic acids is 1. The van der Waals surface area contributed by atoms with Gasteiger partial charge in [0.15, 0.2) is 0 Å². The van der Waals surface area contributed by atoms with Gasteiger partial charge in [-0.15, -0.1) is 0 Å². The highest BCUT2D eigenvalue weighted by atomic mass is 16.6. The normalized spacial score (nSPS) is 23.5. The molecule has 30 heavy (non-hydrogen) atoms. The van der Waals surface area contributed by atoms with Crippen LogP contribution in [0.25, 0.3) is 0 Å². The van der Waals surface area contributed by atoms with Crippen LogP contribution in [0.2, 0.25) is 0 Å². The summed E-state index contributed by atoms with van der Waals surface area (Å²) in [5.74, 6) is -0.154. The molecule has 3 atom stereocenters. The Hall–Kier alpha value is -2.43. The highest BCUT2D eigenvalue weighted by Crippen LogP contribution is 2.23. The van der Waals surface area contributed by atoms with Crippen molar-refractivity contribution in [3.05, 3.63) is 83.9 Å². The maximum Gasteiger partial charge on any atom is 0.306 e. The van der Waals surface area contributed by atoms with Gasteiger partial charge < -0.3 is 14.2 Å². The van der Waals surface area contributed by atoms with E-state index in [2.05, 4.69) is 19.1 Å². The maximum atomic E-state index is 12.3. The van der Waals surface area contributed by atoms with Gasteiger partial charge in [-0.2, -0.15) is 0 Å². The second kappa shape index (κ2) is 12.3. The molecule has 0 fully saturated rings. The first-order chi connectivity index (χ1) is 14.8. The summed E-state index contributed by atoms with van der Waals surface area (Å²) >= 11 is 0. The number of hydrogen-bond donors (Lipinski definition) is 0. The lowest BCUT2D eigenvalue weighted by molar-refractivity contribution is -0.169. The van der Waals surface area contributed by atoms with Crippen LogP contribution in [0.15, 0.2) is 72.8 Å². The molecule has 2 aromatic carbocycles. The molecule has 0 bridgehead atoms. The Kier molecular flexibility index (Phi) is 9.13. The van der Waals surface area contributed by atoms with E-state index in [1.165, 1.54) is 0 Å². The molecular weight excluding hydrogens is 376 g/mol. The quantitative estimate of drug-likeness (QED) is 0.421. The summed E-state index contributed by atoms with van der Waals surface area (Å²) in [5.41, 5.74) is 2.19. The molecular formula is C26H32O4. The first kappa shape index (κ1) is 22.3. The lowest BCUT2D eigenvalue weighted by Crippen LogP contribution is -2.43. The van der Waals surface area contributed by atoms with Crippen molar-refractivity contribution in [3.63, 3.8) is 0 Å². The van der Waals surface area contributed by atoms with E-state index in [1.807, 2.05) is 60.7 Å². The number of cyclic esters (lactones) is 1. The number of carbonyl (C=O) groups is 1. The van der Waals surface area contributed by atoms with Crippen molar-refractivity contribution in [3.8, 4) is 0 Å². The SMILES string of the molecule is CCCC1OC(=O)CCC/C=C/[C@H](OCc2ccccc2)[C@@H]1OCc1ccccc1. The zero-order valence-corrected chi connectivity index (χ0v) is 17.7. The predicted octanol–water partition coefficient (Wildman–Crippen LogP) is 5.61. The van der Waals surface area contributed by atoms with Gasteiger partial charge in [-0.05, 0) is 30.4 Å². The topological polar surface area (TPSA) is 44.8 Å². The minimum absolute atomic E-state index is 0.154. The summed E-state index contributed by atoms with van der Waals surface area (Å²) in [5, 5.41) is 0. The molecule has 4 heteroatoms. The van der Waals surface area contributed by atoms with Crippen LogP contribution >= 0.6 is 0 Å². The van der Waals surface area contributed by atoms with Crippen molar-refractivity contribution in [2.75, 3.05) is 0 Å². The van der Waals surface area contributed by atoms with Crippen LogP contribution < -0.4 is 0 Å². The third-order valence-electron chi connectivity index (χ3n) is 5.19. The van der Waals surface area contributed by atoms with Gasteiger partial charge >= 0.3 is 5.97 Å². The van der Waals surface area contributed by atoms with Gasteiger partial charge in [0.25, 0.3) is 0 Å². The Balaban J connectivity index is 1.81. The molecule has 1 heterocycles. The molecule has 0 saturated heterocycles. The number of esters is 1. The molecule has 1 aliphatic rings. The Morgan fingerprint density at radius 2 is 1.57 bits per heavy atom. The zero-order chi connectivity index (χ0) is 21.0. The second-order valence-electron chi connectivity index (χ2n) is 7.66. The molecule has 160 valence electrons. The Morgan fingerprint density at radius 1 is 0.933 bits per heavy atom. The summed E-state index contributed by atoms with van der Waals surface area (Å²) in [7, 11) is 0. The summed E-state index contributed by atoms with van der Waals surface area (Å²) < 4.78 is 18.5. The number of hydrogen-bond acceptors (Lipinski definition) is 4. The number of rotatable bonds is 8. The number of allylic oxidation sites excluding steroid dienone is 1. The fourth-order valence-corrected chi connectivity index (χ4v) is 3.60. The highest BCUT2D eigenvalue weighted by molar-refractivity contribution is 5.69. The first-order valence-electron chi connectivity index (χ1n) is 10.9. The van der Waals surface area contributed by atoms with E-state index in [1.54, 1.807) is 0 Å². The van der Waals surface area contributed by atoms with Gasteiger partial charge in [-0.1, -0.05) is 86.2 Å². The maximum absolute atomic E-state index is 12.3. The highest BCUT2D eigenvalue weighted by Gasteiger charge is 2.33. The zero-order valence-electron chi connectivity index (χ0n) is 17.7. The van der Waals surface area contributed by atoms with E-state index in [4.69, 9.17) is 14.2 Å². The average molecular weight is 409 g/mol. The summed E-state index contributed by atoms with van der Waals surface area (Å²) in [6.45, 7) is 3.02. The van der Waals surface area contributed by atoms with E-state index in [0.29, 0.717) is 19.6 Å². The van der Waals surface area contributed by atoms with Gasteiger partial charge in [0.1, 0.15) is 18.3 Å². The molecule has 0 spiro atoms. The van der Waals surface area contributed by atoms with E-state index >= 15 is 0 Å². The lowest BCUT2D eigenvalue weighted by Gasteiger charge is -2.32. The third kappa shape index (κ3) is 7.12. The molecule has 4 nitrogen and oxygen atoms in total. The van der Waals surface area contributed by atoms with Crippen LogP contribution in [0, 0.1) is 0 Å². The molecule has 0 radical (unpaired) electrons. The first-order valence-corrected chi connectivity index (χ1v) is 10.9. The summed E-state index contributed by atoms with van der Waals surface area (Å²) in [6, 6.07) is 20.2. The fourth-order valence-electron chi connectivity index (χ4n) is 3.60. The molecule has 3 rings (SSSR count). The van der Waals surface area contributed by atoms with Crippen LogP contribution in [-0.2, 0) is 32.2 Å². The van der Waals surface area contributed by atoms with Crippen LogP contribution in [0.5, 0.6) is 0 Å². The van der Waals surface area contributed by atoms with E-state index in [9.17, 15) is 4.79 Å². The Labute approximate surface area is 179 Å². The van der Waals surface area contributed by atoms with Gasteiger partial charge in [-0.3, -0.25) is 4.79 Å². The standard InChI is InChI=1S/C26H32O4/c1-2-12-24-26(29-20-22-15-8-4-9-16-22)23(17-10-5-11-18-25(27)30-24)28-19-21-13-6-3-7-14-21/h3-4,6-10,13-17,23-24,26H,2,5,11-12,18-20H2,1H3/b17-10+/t23-,24?,26-/m0/s1. The minimum atomic E-state index is -0.368. The van der Waals surface area contributed by atoms with Crippen molar-refractivity contribution in [2.24, 2.45) is 0 Å². The van der Waals surface area contributed by atoms with Gasteiger partial charge in [0, 0.05) is 6.42 Å². The molecule has 0 amide bonds. The van der Waals surface area contributed by atoms with Crippen molar-refractivity contribution in [1.82, 2.24) is 0 Å². The Morgan fingerprint density at radius 3 is 2.20 bits per heavy atom. The van der Waals surface area contributed by atoms with Crippen molar-refractivity contribution in [1.29, 1.82) is 0 Å². The molecule has 0 aliphatic carbocycles. The molecule has 1 aliphatic heterocycles. The lowest BCUT2D eigenvalue weighted by atomic mass is 10.0. The van der Waals surface area contributed by atoms with Gasteiger partial charge in [0.05, 0.1) is 13.2 Å². The smallest absolute Gasteiger partial charge is 0.306 e. The summed E-state index contributed by atoms with van der Waals surface area (Å²) in [4.78, 5) is 12.3. The summed E-state index contributed by atoms with van der Waals surface area (Å²) in [6.07, 6.45) is 6.88.